The molecule has 0 aliphatic heterocycles. The van der Waals surface area contributed by atoms with Gasteiger partial charge in [-0.2, -0.15) is 5.26 Å². The molecule has 0 unspecified atom stereocenters. The molecule has 2 aromatic rings. The molecule has 0 heterocycles. The molecule has 0 bridgehead atoms. The van der Waals surface area contributed by atoms with E-state index in [1.165, 1.54) is 11.8 Å². The predicted molar refractivity (Wildman–Crippen MR) is 89.7 cm³/mol. The fourth-order valence-corrected chi connectivity index (χ4v) is 2.89. The first kappa shape index (κ1) is 18.0. The lowest BCUT2D eigenvalue weighted by Crippen LogP contribution is -2.37. The fraction of sp³-hybridized carbons (Fsp3) is 0.0588. The van der Waals surface area contributed by atoms with E-state index in [0.29, 0.717) is 15.4 Å². The third-order valence-corrected chi connectivity index (χ3v) is 4.08. The normalized spacial score (nSPS) is 9.72. The van der Waals surface area contributed by atoms with Gasteiger partial charge < -0.3 is 10.5 Å². The summed E-state index contributed by atoms with van der Waals surface area (Å²) in [6, 6.07) is 14.7. The molecular formula is C17H13N3O4S. The zero-order valence-electron chi connectivity index (χ0n) is 12.9. The zero-order chi connectivity index (χ0) is 18.2. The Morgan fingerprint density at radius 2 is 1.72 bits per heavy atom. The predicted octanol–water partition coefficient (Wildman–Crippen LogP) is 2.06. The molecule has 0 aliphatic carbocycles. The van der Waals surface area contributed by atoms with Crippen LogP contribution in [0.4, 0.5) is 4.79 Å². The van der Waals surface area contributed by atoms with Gasteiger partial charge in [0.25, 0.3) is 5.91 Å². The minimum absolute atomic E-state index is 0.243. The minimum atomic E-state index is -1.02. The highest BCUT2D eigenvalue weighted by atomic mass is 32.2. The third-order valence-electron chi connectivity index (χ3n) is 2.93. The van der Waals surface area contributed by atoms with Gasteiger partial charge >= 0.3 is 12.0 Å². The Balaban J connectivity index is 2.15. The molecule has 0 aromatic heterocycles. The van der Waals surface area contributed by atoms with E-state index >= 15 is 0 Å². The molecule has 126 valence electrons. The number of urea groups is 1. The second-order valence-corrected chi connectivity index (χ2v) is 5.78. The molecule has 3 N–H and O–H groups in total. The Hall–Kier alpha value is -3.31. The fourth-order valence-electron chi connectivity index (χ4n) is 1.87. The molecule has 7 nitrogen and oxygen atoms in total. The average Bonchev–Trinajstić information content (AvgIpc) is 2.60. The van der Waals surface area contributed by atoms with Gasteiger partial charge in [0, 0.05) is 9.79 Å². The van der Waals surface area contributed by atoms with Gasteiger partial charge in [0.15, 0.2) is 6.61 Å². The number of esters is 1. The van der Waals surface area contributed by atoms with E-state index in [9.17, 15) is 14.4 Å². The highest BCUT2D eigenvalue weighted by Crippen LogP contribution is 2.32. The van der Waals surface area contributed by atoms with E-state index in [2.05, 4.69) is 6.07 Å². The van der Waals surface area contributed by atoms with Crippen LogP contribution in [0.25, 0.3) is 0 Å². The number of nitrogens with one attached hydrogen (secondary N) is 1. The molecule has 0 saturated carbocycles. The molecule has 0 radical (unpaired) electrons. The van der Waals surface area contributed by atoms with Crippen molar-refractivity contribution in [3.63, 3.8) is 0 Å². The lowest BCUT2D eigenvalue weighted by molar-refractivity contribution is -0.123. The molecule has 0 spiro atoms. The quantitative estimate of drug-likeness (QED) is 0.792. The van der Waals surface area contributed by atoms with Crippen LogP contribution in [0.5, 0.6) is 0 Å². The summed E-state index contributed by atoms with van der Waals surface area (Å²) in [6.45, 7) is -0.629. The van der Waals surface area contributed by atoms with Crippen molar-refractivity contribution in [3.8, 4) is 6.07 Å². The molecule has 0 aliphatic rings. The van der Waals surface area contributed by atoms with E-state index in [1.54, 1.807) is 53.8 Å². The van der Waals surface area contributed by atoms with Gasteiger partial charge in [0.1, 0.15) is 6.07 Å². The number of benzene rings is 2. The van der Waals surface area contributed by atoms with Gasteiger partial charge in [-0.25, -0.2) is 9.59 Å². The maximum Gasteiger partial charge on any atom is 0.339 e. The molecule has 2 rings (SSSR count). The summed E-state index contributed by atoms with van der Waals surface area (Å²) in [5, 5.41) is 11.0. The SMILES string of the molecule is N#Cc1ccccc1Sc1ccccc1C(=O)OCC(=O)NC(N)=O. The maximum absolute atomic E-state index is 12.2. The number of carbonyl (C=O) groups is 3. The summed E-state index contributed by atoms with van der Waals surface area (Å²) in [4.78, 5) is 35.4. The number of nitriles is 1. The van der Waals surface area contributed by atoms with Gasteiger partial charge in [0.05, 0.1) is 11.1 Å². The number of hydrogen-bond acceptors (Lipinski definition) is 6. The summed E-state index contributed by atoms with van der Waals surface area (Å²) in [6.07, 6.45) is 0. The smallest absolute Gasteiger partial charge is 0.339 e. The Kier molecular flexibility index (Phi) is 6.14. The summed E-state index contributed by atoms with van der Waals surface area (Å²) in [7, 11) is 0. The van der Waals surface area contributed by atoms with E-state index in [-0.39, 0.29) is 5.56 Å². The Labute approximate surface area is 147 Å². The first-order chi connectivity index (χ1) is 12.0. The van der Waals surface area contributed by atoms with Crippen LogP contribution in [0, 0.1) is 11.3 Å². The molecule has 0 saturated heterocycles. The molecule has 0 atom stereocenters. The number of hydrogen-bond donors (Lipinski definition) is 2. The van der Waals surface area contributed by atoms with Crippen LogP contribution in [0.2, 0.25) is 0 Å². The van der Waals surface area contributed by atoms with E-state index in [0.717, 1.165) is 0 Å². The van der Waals surface area contributed by atoms with Crippen LogP contribution in [-0.4, -0.2) is 24.5 Å². The molecule has 8 heteroatoms. The molecule has 0 fully saturated rings. The Bertz CT molecular complexity index is 861. The van der Waals surface area contributed by atoms with E-state index < -0.39 is 24.5 Å². The number of ether oxygens (including phenoxy) is 1. The second-order valence-electron chi connectivity index (χ2n) is 4.69. The van der Waals surface area contributed by atoms with Gasteiger partial charge in [0.2, 0.25) is 0 Å². The molecular weight excluding hydrogens is 342 g/mol. The topological polar surface area (TPSA) is 122 Å². The number of amides is 3. The number of rotatable bonds is 5. The van der Waals surface area contributed by atoms with Crippen molar-refractivity contribution in [3.05, 3.63) is 59.7 Å². The van der Waals surface area contributed by atoms with Crippen LogP contribution in [0.3, 0.4) is 0 Å². The van der Waals surface area contributed by atoms with Crippen LogP contribution >= 0.6 is 11.8 Å². The lowest BCUT2D eigenvalue weighted by Gasteiger charge is -2.09. The van der Waals surface area contributed by atoms with Crippen LogP contribution < -0.4 is 11.1 Å². The largest absolute Gasteiger partial charge is 0.452 e. The van der Waals surface area contributed by atoms with Crippen LogP contribution in [0.15, 0.2) is 58.3 Å². The maximum atomic E-state index is 12.2. The van der Waals surface area contributed by atoms with Crippen molar-refractivity contribution in [2.24, 2.45) is 5.73 Å². The van der Waals surface area contributed by atoms with Crippen molar-refractivity contribution >= 4 is 29.7 Å². The van der Waals surface area contributed by atoms with E-state index in [1.807, 2.05) is 0 Å². The van der Waals surface area contributed by atoms with E-state index in [4.69, 9.17) is 15.7 Å². The average molecular weight is 355 g/mol. The van der Waals surface area contributed by atoms with Gasteiger partial charge in [-0.3, -0.25) is 10.1 Å². The zero-order valence-corrected chi connectivity index (χ0v) is 13.7. The van der Waals surface area contributed by atoms with Gasteiger partial charge in [-0.15, -0.1) is 0 Å². The van der Waals surface area contributed by atoms with Crippen molar-refractivity contribution in [1.29, 1.82) is 5.26 Å². The summed E-state index contributed by atoms with van der Waals surface area (Å²) >= 11 is 1.24. The van der Waals surface area contributed by atoms with Crippen molar-refractivity contribution in [2.45, 2.75) is 9.79 Å². The number of nitrogens with zero attached hydrogens (tertiary/aromatic N) is 1. The first-order valence-corrected chi connectivity index (χ1v) is 7.85. The number of primary amides is 1. The summed E-state index contributed by atoms with van der Waals surface area (Å²) < 4.78 is 4.89. The van der Waals surface area contributed by atoms with Crippen LogP contribution in [-0.2, 0) is 9.53 Å². The van der Waals surface area contributed by atoms with Crippen LogP contribution in [0.1, 0.15) is 15.9 Å². The Morgan fingerprint density at radius 3 is 2.40 bits per heavy atom. The van der Waals surface area contributed by atoms with Crippen molar-refractivity contribution < 1.29 is 19.1 Å². The number of nitrogens with two attached hydrogens (primary N) is 1. The van der Waals surface area contributed by atoms with Crippen molar-refractivity contribution in [2.75, 3.05) is 6.61 Å². The summed E-state index contributed by atoms with van der Waals surface area (Å²) in [5.41, 5.74) is 5.53. The Morgan fingerprint density at radius 1 is 1.08 bits per heavy atom. The number of imide groups is 1. The first-order valence-electron chi connectivity index (χ1n) is 7.03. The molecule has 25 heavy (non-hydrogen) atoms. The lowest BCUT2D eigenvalue weighted by atomic mass is 10.2. The van der Waals surface area contributed by atoms with Crippen molar-refractivity contribution in [1.82, 2.24) is 5.32 Å². The monoisotopic (exact) mass is 355 g/mol. The minimum Gasteiger partial charge on any atom is -0.452 e. The highest BCUT2D eigenvalue weighted by molar-refractivity contribution is 7.99. The third kappa shape index (κ3) is 5.09. The molecule has 2 aromatic carbocycles. The second kappa shape index (κ2) is 8.52. The standard InChI is InChI=1S/C17H13N3O4S/c18-9-11-5-1-3-7-13(11)25-14-8-4-2-6-12(14)16(22)24-10-15(21)20-17(19)23/h1-8H,10H2,(H3,19,20,21,23). The van der Waals surface area contributed by atoms with Gasteiger partial charge in [-0.1, -0.05) is 36.0 Å². The number of carbonyl (C=O) groups excluding carboxylic acids is 3. The van der Waals surface area contributed by atoms with Gasteiger partial charge in [-0.05, 0) is 24.3 Å². The molecule has 3 amide bonds. The highest BCUT2D eigenvalue weighted by Gasteiger charge is 2.16. The summed E-state index contributed by atoms with van der Waals surface area (Å²) in [5.74, 6) is -1.54.